The molecule has 1 heterocycles. The van der Waals surface area contributed by atoms with Gasteiger partial charge in [0.05, 0.1) is 30.4 Å². The number of aliphatic hydroxyl groups is 1. The van der Waals surface area contributed by atoms with Gasteiger partial charge in [0.2, 0.25) is 0 Å². The van der Waals surface area contributed by atoms with E-state index in [9.17, 15) is 19.1 Å². The summed E-state index contributed by atoms with van der Waals surface area (Å²) < 4.78 is 18.8. The molecule has 0 radical (unpaired) electrons. The first kappa shape index (κ1) is 24.9. The van der Waals surface area contributed by atoms with Crippen molar-refractivity contribution >= 4 is 17.7 Å². The van der Waals surface area contributed by atoms with Gasteiger partial charge in [-0.15, -0.1) is 0 Å². The third kappa shape index (κ3) is 8.89. The molecule has 2 rings (SSSR count). The number of anilines is 1. The van der Waals surface area contributed by atoms with E-state index in [0.717, 1.165) is 6.07 Å². The molecular weight excluding hydrogens is 395 g/mol. The van der Waals surface area contributed by atoms with E-state index in [1.165, 1.54) is 12.3 Å². The molecular formula is C20H27FN4O5. The summed E-state index contributed by atoms with van der Waals surface area (Å²) in [6.07, 6.45) is 1.71. The lowest BCUT2D eigenvalue weighted by Crippen LogP contribution is -2.38. The van der Waals surface area contributed by atoms with Crippen molar-refractivity contribution in [3.05, 3.63) is 41.4 Å². The van der Waals surface area contributed by atoms with E-state index in [2.05, 4.69) is 25.7 Å². The number of hydrogen-bond donors (Lipinski definition) is 4. The van der Waals surface area contributed by atoms with E-state index in [4.69, 9.17) is 5.26 Å². The zero-order valence-corrected chi connectivity index (χ0v) is 17.4. The van der Waals surface area contributed by atoms with Crippen LogP contribution in [0.5, 0.6) is 0 Å². The van der Waals surface area contributed by atoms with E-state index in [1.807, 2.05) is 26.8 Å². The van der Waals surface area contributed by atoms with Crippen LogP contribution >= 0.6 is 0 Å². The van der Waals surface area contributed by atoms with Crippen LogP contribution in [0.2, 0.25) is 0 Å². The van der Waals surface area contributed by atoms with Crippen LogP contribution in [0.1, 0.15) is 51.3 Å². The number of hydrogen-bond acceptors (Lipinski definition) is 7. The number of hydroxylamine groups is 1. The highest BCUT2D eigenvalue weighted by atomic mass is 19.1. The Kier molecular flexibility index (Phi) is 9.74. The predicted molar refractivity (Wildman–Crippen MR) is 107 cm³/mol. The Morgan fingerprint density at radius 3 is 2.63 bits per heavy atom. The molecule has 1 unspecified atom stereocenters. The van der Waals surface area contributed by atoms with E-state index in [0.29, 0.717) is 6.42 Å². The number of benzene rings is 1. The Labute approximate surface area is 174 Å². The van der Waals surface area contributed by atoms with Gasteiger partial charge in [0.25, 0.3) is 5.91 Å². The molecule has 2 amide bonds. The molecule has 9 nitrogen and oxygen atoms in total. The van der Waals surface area contributed by atoms with E-state index < -0.39 is 18.0 Å². The molecule has 0 saturated carbocycles. The summed E-state index contributed by atoms with van der Waals surface area (Å²) in [5.74, 6) is -0.899. The highest BCUT2D eigenvalue weighted by Gasteiger charge is 2.19. The van der Waals surface area contributed by atoms with Crippen molar-refractivity contribution in [1.29, 1.82) is 5.26 Å². The van der Waals surface area contributed by atoms with Crippen LogP contribution in [-0.4, -0.2) is 35.8 Å². The van der Waals surface area contributed by atoms with E-state index in [-0.39, 0.29) is 41.4 Å². The number of nitrogens with zero attached hydrogens (tertiary/aromatic N) is 1. The Bertz CT molecular complexity index is 815. The lowest BCUT2D eigenvalue weighted by atomic mass is 10.0. The van der Waals surface area contributed by atoms with E-state index in [1.54, 1.807) is 13.0 Å². The fourth-order valence-corrected chi connectivity index (χ4v) is 2.17. The molecule has 1 aromatic rings. The first-order chi connectivity index (χ1) is 14.1. The summed E-state index contributed by atoms with van der Waals surface area (Å²) in [6, 6.07) is 4.25. The number of amides is 2. The number of β-amino-alcohol motifs (C(OH)–C–C–N with tert-alkyl or cyclic N) is 1. The van der Waals surface area contributed by atoms with Gasteiger partial charge in [-0.05, 0) is 51.5 Å². The van der Waals surface area contributed by atoms with Crippen LogP contribution in [0.3, 0.4) is 0 Å². The topological polar surface area (TPSA) is 133 Å². The van der Waals surface area contributed by atoms with Crippen molar-refractivity contribution in [3.8, 4) is 6.07 Å². The van der Waals surface area contributed by atoms with E-state index >= 15 is 0 Å². The molecule has 164 valence electrons. The van der Waals surface area contributed by atoms with Gasteiger partial charge in [0.1, 0.15) is 18.1 Å². The molecule has 0 fully saturated rings. The van der Waals surface area contributed by atoms with Crippen LogP contribution in [0.4, 0.5) is 14.9 Å². The van der Waals surface area contributed by atoms with Crippen LogP contribution in [0.25, 0.3) is 0 Å². The molecule has 0 aromatic heterocycles. The zero-order chi connectivity index (χ0) is 22.7. The number of aliphatic hydroxyl groups excluding tert-OH is 1. The third-order valence-corrected chi connectivity index (χ3v) is 3.59. The second-order valence-electron chi connectivity index (χ2n) is 7.25. The highest BCUT2D eigenvalue weighted by molar-refractivity contribution is 5.86. The molecule has 0 aliphatic carbocycles. The Hall–Kier alpha value is -3.16. The first-order valence-corrected chi connectivity index (χ1v) is 9.27. The molecule has 30 heavy (non-hydrogen) atoms. The van der Waals surface area contributed by atoms with Crippen LogP contribution < -0.4 is 16.1 Å². The average molecular weight is 422 g/mol. The van der Waals surface area contributed by atoms with Gasteiger partial charge < -0.3 is 20.0 Å². The van der Waals surface area contributed by atoms with Gasteiger partial charge >= 0.3 is 6.09 Å². The third-order valence-electron chi connectivity index (χ3n) is 3.59. The zero-order valence-electron chi connectivity index (χ0n) is 17.4. The van der Waals surface area contributed by atoms with Gasteiger partial charge in [0.15, 0.2) is 0 Å². The number of ether oxygens (including phenoxy) is 1. The minimum atomic E-state index is -0.979. The minimum absolute atomic E-state index is 0.0807. The molecule has 1 atom stereocenters. The normalized spacial score (nSPS) is 13.7. The van der Waals surface area contributed by atoms with Crippen LogP contribution in [-0.2, 0) is 14.4 Å². The van der Waals surface area contributed by atoms with Crippen molar-refractivity contribution in [3.63, 3.8) is 0 Å². The number of carbonyl (C=O) groups excluding carboxylic acids is 2. The highest BCUT2D eigenvalue weighted by Crippen LogP contribution is 2.25. The smallest absolute Gasteiger partial charge is 0.411 e. The number of halogens is 1. The number of nitriles is 1. The number of nitrogens with one attached hydrogen (secondary N) is 3. The first-order valence-electron chi connectivity index (χ1n) is 9.27. The Morgan fingerprint density at radius 1 is 1.47 bits per heavy atom. The summed E-state index contributed by atoms with van der Waals surface area (Å²) in [6.45, 7) is 7.76. The Morgan fingerprint density at radius 2 is 2.17 bits per heavy atom. The quantitative estimate of drug-likeness (QED) is 0.573. The molecule has 1 aromatic carbocycles. The van der Waals surface area contributed by atoms with Gasteiger partial charge in [-0.3, -0.25) is 10.1 Å². The second kappa shape index (κ2) is 11.7. The largest absolute Gasteiger partial charge is 0.450 e. The molecule has 10 heteroatoms. The standard InChI is InChI=1S/C16H22FN3O3.C4H5NO2/c1-5-23-15(22)20-14-11(8-18)6-10(7-12(14)17)13(21)9-19-16(2,3)4;6-4-2-1-3-7-5-4/h6-7,13,19,21H,5,9H2,1-4H3,(H,20,22);1,3H,2H2,(H,5,6). The maximum Gasteiger partial charge on any atom is 0.411 e. The SMILES string of the molecule is CCOC(=O)Nc1c(F)cc(C(O)CNC(C)(C)C)cc1C#N.O=C1CC=CON1. The Balaban J connectivity index is 0.000000539. The molecule has 1 aliphatic heterocycles. The lowest BCUT2D eigenvalue weighted by molar-refractivity contribution is -0.130. The second-order valence-corrected chi connectivity index (χ2v) is 7.25. The summed E-state index contributed by atoms with van der Waals surface area (Å²) in [5.41, 5.74) is 1.87. The monoisotopic (exact) mass is 422 g/mol. The van der Waals surface area contributed by atoms with Crippen molar-refractivity contribution in [1.82, 2.24) is 10.8 Å². The van der Waals surface area contributed by atoms with Gasteiger partial charge in [0, 0.05) is 12.1 Å². The van der Waals surface area contributed by atoms with Crippen LogP contribution in [0.15, 0.2) is 24.5 Å². The minimum Gasteiger partial charge on any atom is -0.450 e. The summed E-state index contributed by atoms with van der Waals surface area (Å²) in [5, 5.41) is 24.6. The molecule has 0 spiro atoms. The predicted octanol–water partition coefficient (Wildman–Crippen LogP) is 2.64. The van der Waals surface area contributed by atoms with Crippen molar-refractivity contribution in [2.75, 3.05) is 18.5 Å². The average Bonchev–Trinajstić information content (AvgIpc) is 2.68. The molecule has 0 bridgehead atoms. The maximum absolute atomic E-state index is 14.2. The van der Waals surface area contributed by atoms with Gasteiger partial charge in [-0.2, -0.15) is 10.7 Å². The van der Waals surface area contributed by atoms with Crippen molar-refractivity contribution in [2.45, 2.75) is 45.8 Å². The van der Waals surface area contributed by atoms with Crippen molar-refractivity contribution < 1.29 is 28.7 Å². The lowest BCUT2D eigenvalue weighted by Gasteiger charge is -2.23. The fourth-order valence-electron chi connectivity index (χ4n) is 2.17. The summed E-state index contributed by atoms with van der Waals surface area (Å²) in [4.78, 5) is 26.0. The molecule has 0 saturated heterocycles. The summed E-state index contributed by atoms with van der Waals surface area (Å²) in [7, 11) is 0. The number of rotatable bonds is 5. The molecule has 4 N–H and O–H groups in total. The van der Waals surface area contributed by atoms with Gasteiger partial charge in [-0.25, -0.2) is 9.18 Å². The number of carbonyl (C=O) groups is 2. The maximum atomic E-state index is 14.2. The van der Waals surface area contributed by atoms with Crippen molar-refractivity contribution in [2.24, 2.45) is 0 Å². The summed E-state index contributed by atoms with van der Waals surface area (Å²) >= 11 is 0. The molecule has 1 aliphatic rings. The van der Waals surface area contributed by atoms with Gasteiger partial charge in [-0.1, -0.05) is 0 Å². The fraction of sp³-hybridized carbons (Fsp3) is 0.450. The van der Waals surface area contributed by atoms with Crippen LogP contribution in [0, 0.1) is 17.1 Å².